The summed E-state index contributed by atoms with van der Waals surface area (Å²) in [6.07, 6.45) is 0. The van der Waals surface area contributed by atoms with E-state index in [9.17, 15) is 5.11 Å². The van der Waals surface area contributed by atoms with Crippen LogP contribution in [0.15, 0.2) is 48.5 Å². The second-order valence-electron chi connectivity index (χ2n) is 4.39. The summed E-state index contributed by atoms with van der Waals surface area (Å²) >= 11 is 5.86. The van der Waals surface area contributed by atoms with Gasteiger partial charge in [0.05, 0.1) is 19.3 Å². The molecule has 0 bridgehead atoms. The van der Waals surface area contributed by atoms with Gasteiger partial charge >= 0.3 is 0 Å². The van der Waals surface area contributed by atoms with Crippen molar-refractivity contribution in [1.29, 1.82) is 0 Å². The van der Waals surface area contributed by atoms with Gasteiger partial charge in [-0.3, -0.25) is 0 Å². The third-order valence-electron chi connectivity index (χ3n) is 2.94. The molecule has 0 saturated heterocycles. The first-order valence-corrected chi connectivity index (χ1v) is 6.96. The van der Waals surface area contributed by atoms with Crippen LogP contribution in [-0.4, -0.2) is 18.3 Å². The van der Waals surface area contributed by atoms with E-state index in [1.165, 1.54) is 0 Å². The van der Waals surface area contributed by atoms with Gasteiger partial charge in [-0.2, -0.15) is 0 Å². The lowest BCUT2D eigenvalue weighted by Gasteiger charge is -2.19. The average Bonchev–Trinajstić information content (AvgIpc) is 2.47. The topological polar surface area (TPSA) is 41.5 Å². The number of ether oxygens (including phenoxy) is 1. The summed E-state index contributed by atoms with van der Waals surface area (Å²) in [5.41, 5.74) is 1.89. The molecule has 0 radical (unpaired) electrons. The molecule has 2 N–H and O–H groups in total. The van der Waals surface area contributed by atoms with E-state index in [1.54, 1.807) is 0 Å². The zero-order valence-electron chi connectivity index (χ0n) is 11.3. The molecule has 0 spiro atoms. The normalized spacial score (nSPS) is 11.9. The Bertz CT molecular complexity index is 542. The third-order valence-corrected chi connectivity index (χ3v) is 3.19. The minimum atomic E-state index is -0.184. The summed E-state index contributed by atoms with van der Waals surface area (Å²) in [6.45, 7) is 2.57. The Morgan fingerprint density at radius 1 is 1.20 bits per heavy atom. The first kappa shape index (κ1) is 14.7. The van der Waals surface area contributed by atoms with Gasteiger partial charge in [0, 0.05) is 10.7 Å². The zero-order chi connectivity index (χ0) is 14.4. The number of benzene rings is 2. The van der Waals surface area contributed by atoms with Crippen molar-refractivity contribution in [2.24, 2.45) is 0 Å². The van der Waals surface area contributed by atoms with Gasteiger partial charge in [0.1, 0.15) is 5.75 Å². The predicted molar refractivity (Wildman–Crippen MR) is 82.5 cm³/mol. The Labute approximate surface area is 124 Å². The Morgan fingerprint density at radius 2 is 1.95 bits per heavy atom. The average molecular weight is 292 g/mol. The van der Waals surface area contributed by atoms with Crippen LogP contribution in [0.5, 0.6) is 5.75 Å². The second-order valence-corrected chi connectivity index (χ2v) is 4.83. The summed E-state index contributed by atoms with van der Waals surface area (Å²) in [5, 5.41) is 13.6. The SMILES string of the molecule is CCOc1cccc(C(CO)Nc2ccc(Cl)cc2)c1. The monoisotopic (exact) mass is 291 g/mol. The highest BCUT2D eigenvalue weighted by Crippen LogP contribution is 2.23. The smallest absolute Gasteiger partial charge is 0.119 e. The molecule has 1 atom stereocenters. The fourth-order valence-electron chi connectivity index (χ4n) is 1.97. The van der Waals surface area contributed by atoms with Crippen LogP contribution in [0.25, 0.3) is 0 Å². The number of rotatable bonds is 6. The van der Waals surface area contributed by atoms with Crippen molar-refractivity contribution in [1.82, 2.24) is 0 Å². The van der Waals surface area contributed by atoms with Crippen molar-refractivity contribution in [3.05, 3.63) is 59.1 Å². The minimum absolute atomic E-state index is 0.00178. The minimum Gasteiger partial charge on any atom is -0.494 e. The van der Waals surface area contributed by atoms with Crippen LogP contribution in [0.3, 0.4) is 0 Å². The van der Waals surface area contributed by atoms with E-state index in [4.69, 9.17) is 16.3 Å². The van der Waals surface area contributed by atoms with E-state index in [0.29, 0.717) is 11.6 Å². The lowest BCUT2D eigenvalue weighted by atomic mass is 10.1. The van der Waals surface area contributed by atoms with Crippen molar-refractivity contribution in [3.63, 3.8) is 0 Å². The van der Waals surface area contributed by atoms with Crippen LogP contribution in [0.2, 0.25) is 5.02 Å². The highest BCUT2D eigenvalue weighted by atomic mass is 35.5. The van der Waals surface area contributed by atoms with E-state index in [1.807, 2.05) is 55.5 Å². The van der Waals surface area contributed by atoms with Gasteiger partial charge in [-0.25, -0.2) is 0 Å². The van der Waals surface area contributed by atoms with E-state index in [-0.39, 0.29) is 12.6 Å². The molecule has 0 heterocycles. The maximum atomic E-state index is 9.59. The summed E-state index contributed by atoms with van der Waals surface area (Å²) in [5.74, 6) is 0.807. The van der Waals surface area contributed by atoms with Crippen molar-refractivity contribution >= 4 is 17.3 Å². The molecule has 0 aliphatic heterocycles. The molecule has 3 nitrogen and oxygen atoms in total. The molecular formula is C16H18ClNO2. The van der Waals surface area contributed by atoms with Crippen LogP contribution in [0.4, 0.5) is 5.69 Å². The molecule has 0 aliphatic rings. The molecule has 2 aromatic rings. The van der Waals surface area contributed by atoms with Crippen LogP contribution in [-0.2, 0) is 0 Å². The van der Waals surface area contributed by atoms with E-state index >= 15 is 0 Å². The number of aliphatic hydroxyl groups is 1. The second kappa shape index (κ2) is 7.17. The summed E-state index contributed by atoms with van der Waals surface area (Å²) < 4.78 is 5.48. The molecule has 0 aromatic heterocycles. The highest BCUT2D eigenvalue weighted by Gasteiger charge is 2.11. The van der Waals surface area contributed by atoms with Gasteiger partial charge in [0.25, 0.3) is 0 Å². The Kier molecular flexibility index (Phi) is 5.27. The van der Waals surface area contributed by atoms with Gasteiger partial charge in [0.15, 0.2) is 0 Å². The predicted octanol–water partition coefficient (Wildman–Crippen LogP) is 3.88. The number of aliphatic hydroxyl groups excluding tert-OH is 1. The van der Waals surface area contributed by atoms with Crippen molar-refractivity contribution in [3.8, 4) is 5.75 Å². The Hall–Kier alpha value is -1.71. The van der Waals surface area contributed by atoms with Gasteiger partial charge < -0.3 is 15.2 Å². The van der Waals surface area contributed by atoms with Crippen molar-refractivity contribution < 1.29 is 9.84 Å². The van der Waals surface area contributed by atoms with Crippen molar-refractivity contribution in [2.45, 2.75) is 13.0 Å². The van der Waals surface area contributed by atoms with Gasteiger partial charge in [-0.05, 0) is 48.9 Å². The summed E-state index contributed by atoms with van der Waals surface area (Å²) in [4.78, 5) is 0. The standard InChI is InChI=1S/C16H18ClNO2/c1-2-20-15-5-3-4-12(10-15)16(11-19)18-14-8-6-13(17)7-9-14/h3-10,16,18-19H,2,11H2,1H3. The largest absolute Gasteiger partial charge is 0.494 e. The molecule has 20 heavy (non-hydrogen) atoms. The zero-order valence-corrected chi connectivity index (χ0v) is 12.1. The fraction of sp³-hybridized carbons (Fsp3) is 0.250. The number of halogens is 1. The first-order valence-electron chi connectivity index (χ1n) is 6.58. The maximum Gasteiger partial charge on any atom is 0.119 e. The van der Waals surface area contributed by atoms with E-state index < -0.39 is 0 Å². The van der Waals surface area contributed by atoms with Gasteiger partial charge in [-0.15, -0.1) is 0 Å². The quantitative estimate of drug-likeness (QED) is 0.848. The van der Waals surface area contributed by atoms with E-state index in [2.05, 4.69) is 5.32 Å². The molecule has 2 aromatic carbocycles. The van der Waals surface area contributed by atoms with Crippen LogP contribution < -0.4 is 10.1 Å². The molecule has 0 aliphatic carbocycles. The molecule has 0 fully saturated rings. The molecule has 106 valence electrons. The summed E-state index contributed by atoms with van der Waals surface area (Å²) in [6, 6.07) is 14.9. The first-order chi connectivity index (χ1) is 9.72. The lowest BCUT2D eigenvalue weighted by Crippen LogP contribution is -2.14. The fourth-order valence-corrected chi connectivity index (χ4v) is 2.10. The molecule has 2 rings (SSSR count). The third kappa shape index (κ3) is 3.89. The molecule has 0 amide bonds. The number of anilines is 1. The lowest BCUT2D eigenvalue weighted by molar-refractivity contribution is 0.275. The van der Waals surface area contributed by atoms with Crippen LogP contribution in [0.1, 0.15) is 18.5 Å². The van der Waals surface area contributed by atoms with Crippen LogP contribution in [0, 0.1) is 0 Å². The maximum absolute atomic E-state index is 9.59. The van der Waals surface area contributed by atoms with Crippen molar-refractivity contribution in [2.75, 3.05) is 18.5 Å². The molecule has 0 saturated carbocycles. The van der Waals surface area contributed by atoms with Crippen LogP contribution >= 0.6 is 11.6 Å². The Balaban J connectivity index is 2.15. The van der Waals surface area contributed by atoms with E-state index in [0.717, 1.165) is 17.0 Å². The number of hydrogen-bond donors (Lipinski definition) is 2. The highest BCUT2D eigenvalue weighted by molar-refractivity contribution is 6.30. The number of nitrogens with one attached hydrogen (secondary N) is 1. The molecular weight excluding hydrogens is 274 g/mol. The molecule has 4 heteroatoms. The Morgan fingerprint density at radius 3 is 2.60 bits per heavy atom. The van der Waals surface area contributed by atoms with Gasteiger partial charge in [-0.1, -0.05) is 23.7 Å². The number of hydrogen-bond acceptors (Lipinski definition) is 3. The molecule has 1 unspecified atom stereocenters. The van der Waals surface area contributed by atoms with Gasteiger partial charge in [0.2, 0.25) is 0 Å². The summed E-state index contributed by atoms with van der Waals surface area (Å²) in [7, 11) is 0.